The summed E-state index contributed by atoms with van der Waals surface area (Å²) in [6.07, 6.45) is 1.50. The molecule has 2 N–H and O–H groups in total. The zero-order valence-corrected chi connectivity index (χ0v) is 16.8. The van der Waals surface area contributed by atoms with Crippen molar-refractivity contribution in [3.8, 4) is 11.5 Å². The molecule has 0 fully saturated rings. The van der Waals surface area contributed by atoms with Gasteiger partial charge in [0.25, 0.3) is 5.91 Å². The van der Waals surface area contributed by atoms with Crippen molar-refractivity contribution in [2.75, 3.05) is 13.7 Å². The standard InChI is InChI=1S/C22H25NO7/c1-28-22(27)30-19-12-11-17(14-18(19)24)21(26)23-13-7-3-6-10-20(25)29-15-16-8-4-2-5-9-16/h2,4-5,8-9,11-12,14,24H,3,6-7,10,13,15H2,1H3,(H,23,26). The Balaban J connectivity index is 1.61. The van der Waals surface area contributed by atoms with Gasteiger partial charge in [0.1, 0.15) is 6.61 Å². The van der Waals surface area contributed by atoms with E-state index in [0.29, 0.717) is 25.8 Å². The van der Waals surface area contributed by atoms with Crippen LogP contribution >= 0.6 is 0 Å². The van der Waals surface area contributed by atoms with E-state index >= 15 is 0 Å². The van der Waals surface area contributed by atoms with Gasteiger partial charge in [-0.1, -0.05) is 36.8 Å². The van der Waals surface area contributed by atoms with Gasteiger partial charge in [-0.25, -0.2) is 4.79 Å². The van der Waals surface area contributed by atoms with Crippen molar-refractivity contribution < 1.29 is 33.7 Å². The quantitative estimate of drug-likeness (QED) is 0.347. The number of benzene rings is 2. The van der Waals surface area contributed by atoms with Crippen LogP contribution in [0.15, 0.2) is 48.5 Å². The number of rotatable bonds is 10. The lowest BCUT2D eigenvalue weighted by Gasteiger charge is -2.08. The number of methoxy groups -OCH3 is 1. The largest absolute Gasteiger partial charge is 0.513 e. The number of amides is 1. The first-order valence-corrected chi connectivity index (χ1v) is 9.56. The summed E-state index contributed by atoms with van der Waals surface area (Å²) < 4.78 is 14.3. The summed E-state index contributed by atoms with van der Waals surface area (Å²) in [5.41, 5.74) is 1.18. The van der Waals surface area contributed by atoms with Gasteiger partial charge in [0, 0.05) is 18.5 Å². The van der Waals surface area contributed by atoms with Gasteiger partial charge in [-0.05, 0) is 36.6 Å². The molecule has 0 spiro atoms. The number of phenols is 1. The summed E-state index contributed by atoms with van der Waals surface area (Å²) in [7, 11) is 1.15. The average molecular weight is 415 g/mol. The maximum atomic E-state index is 12.1. The fourth-order valence-corrected chi connectivity index (χ4v) is 2.56. The summed E-state index contributed by atoms with van der Waals surface area (Å²) in [5, 5.41) is 12.6. The Morgan fingerprint density at radius 2 is 1.77 bits per heavy atom. The highest BCUT2D eigenvalue weighted by Crippen LogP contribution is 2.27. The molecular weight excluding hydrogens is 390 g/mol. The second-order valence-electron chi connectivity index (χ2n) is 6.45. The van der Waals surface area contributed by atoms with E-state index in [1.807, 2.05) is 30.3 Å². The summed E-state index contributed by atoms with van der Waals surface area (Å²) >= 11 is 0. The lowest BCUT2D eigenvalue weighted by atomic mass is 10.1. The molecule has 0 saturated carbocycles. The zero-order valence-electron chi connectivity index (χ0n) is 16.8. The Labute approximate surface area is 174 Å². The van der Waals surface area contributed by atoms with E-state index in [1.165, 1.54) is 18.2 Å². The number of hydrogen-bond donors (Lipinski definition) is 2. The fourth-order valence-electron chi connectivity index (χ4n) is 2.56. The maximum absolute atomic E-state index is 12.1. The molecule has 0 unspecified atom stereocenters. The van der Waals surface area contributed by atoms with Gasteiger partial charge in [-0.15, -0.1) is 0 Å². The van der Waals surface area contributed by atoms with Crippen LogP contribution in [0.2, 0.25) is 0 Å². The Bertz CT molecular complexity index is 852. The lowest BCUT2D eigenvalue weighted by Crippen LogP contribution is -2.24. The van der Waals surface area contributed by atoms with Crippen LogP contribution in [0.4, 0.5) is 4.79 Å². The first-order chi connectivity index (χ1) is 14.5. The van der Waals surface area contributed by atoms with E-state index in [0.717, 1.165) is 19.1 Å². The molecule has 0 saturated heterocycles. The lowest BCUT2D eigenvalue weighted by molar-refractivity contribution is -0.145. The molecule has 30 heavy (non-hydrogen) atoms. The van der Waals surface area contributed by atoms with Crippen molar-refractivity contribution in [1.82, 2.24) is 5.32 Å². The van der Waals surface area contributed by atoms with Crippen molar-refractivity contribution in [2.24, 2.45) is 0 Å². The molecule has 0 bridgehead atoms. The predicted molar refractivity (Wildman–Crippen MR) is 108 cm³/mol. The molecule has 160 valence electrons. The van der Waals surface area contributed by atoms with Gasteiger partial charge in [-0.2, -0.15) is 0 Å². The summed E-state index contributed by atoms with van der Waals surface area (Å²) in [6.45, 7) is 0.700. The van der Waals surface area contributed by atoms with Crippen molar-refractivity contribution in [1.29, 1.82) is 0 Å². The van der Waals surface area contributed by atoms with Gasteiger partial charge < -0.3 is 24.6 Å². The number of nitrogens with one attached hydrogen (secondary N) is 1. The minimum Gasteiger partial charge on any atom is -0.504 e. The average Bonchev–Trinajstić information content (AvgIpc) is 2.76. The highest BCUT2D eigenvalue weighted by molar-refractivity contribution is 5.94. The molecule has 8 nitrogen and oxygen atoms in total. The van der Waals surface area contributed by atoms with Crippen LogP contribution in [0.25, 0.3) is 0 Å². The van der Waals surface area contributed by atoms with Crippen molar-refractivity contribution in [2.45, 2.75) is 32.3 Å². The van der Waals surface area contributed by atoms with E-state index < -0.39 is 6.16 Å². The Morgan fingerprint density at radius 1 is 1.00 bits per heavy atom. The van der Waals surface area contributed by atoms with E-state index in [-0.39, 0.29) is 35.5 Å². The van der Waals surface area contributed by atoms with Crippen molar-refractivity contribution >= 4 is 18.0 Å². The molecule has 0 radical (unpaired) electrons. The highest BCUT2D eigenvalue weighted by atomic mass is 16.7. The molecule has 0 atom stereocenters. The van der Waals surface area contributed by atoms with Gasteiger partial charge in [0.15, 0.2) is 11.5 Å². The third-order valence-electron chi connectivity index (χ3n) is 4.17. The van der Waals surface area contributed by atoms with Crippen LogP contribution in [0.5, 0.6) is 11.5 Å². The number of unbranched alkanes of at least 4 members (excludes halogenated alkanes) is 2. The van der Waals surface area contributed by atoms with Crippen LogP contribution in [-0.4, -0.2) is 36.8 Å². The van der Waals surface area contributed by atoms with E-state index in [1.54, 1.807) is 0 Å². The first-order valence-electron chi connectivity index (χ1n) is 9.56. The molecule has 0 aliphatic heterocycles. The Hall–Kier alpha value is -3.55. The molecule has 0 aromatic heterocycles. The summed E-state index contributed by atoms with van der Waals surface area (Å²) in [6, 6.07) is 13.4. The number of carbonyl (C=O) groups excluding carboxylic acids is 3. The van der Waals surface area contributed by atoms with Crippen LogP contribution in [0.3, 0.4) is 0 Å². The maximum Gasteiger partial charge on any atom is 0.513 e. The molecule has 1 amide bonds. The van der Waals surface area contributed by atoms with Crippen LogP contribution in [0, 0.1) is 0 Å². The van der Waals surface area contributed by atoms with Gasteiger partial charge in [0.2, 0.25) is 0 Å². The molecular formula is C22H25NO7. The van der Waals surface area contributed by atoms with E-state index in [9.17, 15) is 19.5 Å². The third kappa shape index (κ3) is 7.83. The number of hydrogen-bond acceptors (Lipinski definition) is 7. The smallest absolute Gasteiger partial charge is 0.504 e. The zero-order chi connectivity index (χ0) is 21.8. The normalized spacial score (nSPS) is 10.2. The van der Waals surface area contributed by atoms with Crippen molar-refractivity contribution in [3.05, 3.63) is 59.7 Å². The molecule has 0 aliphatic carbocycles. The van der Waals surface area contributed by atoms with Gasteiger partial charge in [-0.3, -0.25) is 9.59 Å². The fraction of sp³-hybridized carbons (Fsp3) is 0.318. The number of phenolic OH excluding ortho intramolecular Hbond substituents is 1. The second-order valence-corrected chi connectivity index (χ2v) is 6.45. The van der Waals surface area contributed by atoms with Crippen LogP contribution < -0.4 is 10.1 Å². The molecule has 2 aromatic carbocycles. The summed E-state index contributed by atoms with van der Waals surface area (Å²) in [4.78, 5) is 34.9. The third-order valence-corrected chi connectivity index (χ3v) is 4.17. The van der Waals surface area contributed by atoms with Crippen molar-refractivity contribution in [3.63, 3.8) is 0 Å². The minimum atomic E-state index is -0.966. The summed E-state index contributed by atoms with van der Waals surface area (Å²) in [5.74, 6) is -1.05. The highest BCUT2D eigenvalue weighted by Gasteiger charge is 2.12. The molecule has 2 aromatic rings. The number of aromatic hydroxyl groups is 1. The van der Waals surface area contributed by atoms with Crippen LogP contribution in [0.1, 0.15) is 41.6 Å². The number of carbonyl (C=O) groups is 3. The SMILES string of the molecule is COC(=O)Oc1ccc(C(=O)NCCCCCC(=O)OCc2ccccc2)cc1O. The molecule has 8 heteroatoms. The number of ether oxygens (including phenoxy) is 3. The minimum absolute atomic E-state index is 0.0995. The van der Waals surface area contributed by atoms with Gasteiger partial charge in [0.05, 0.1) is 7.11 Å². The van der Waals surface area contributed by atoms with Crippen LogP contribution in [-0.2, 0) is 20.9 Å². The Kier molecular flexibility index (Phi) is 9.18. The molecule has 0 heterocycles. The monoisotopic (exact) mass is 415 g/mol. The predicted octanol–water partition coefficient (Wildman–Crippen LogP) is 3.57. The molecule has 0 aliphatic rings. The van der Waals surface area contributed by atoms with Gasteiger partial charge >= 0.3 is 12.1 Å². The Morgan fingerprint density at radius 3 is 2.47 bits per heavy atom. The topological polar surface area (TPSA) is 111 Å². The number of esters is 1. The molecule has 2 rings (SSSR count). The van der Waals surface area contributed by atoms with E-state index in [2.05, 4.69) is 10.1 Å². The second kappa shape index (κ2) is 12.1. The first kappa shape index (κ1) is 22.7. The van der Waals surface area contributed by atoms with E-state index in [4.69, 9.17) is 9.47 Å².